The van der Waals surface area contributed by atoms with Crippen molar-refractivity contribution in [3.63, 3.8) is 0 Å². The largest absolute Gasteiger partial charge is 0.490 e. The Kier molecular flexibility index (Phi) is 6.74. The third kappa shape index (κ3) is 5.94. The topological polar surface area (TPSA) is 46.5 Å². The summed E-state index contributed by atoms with van der Waals surface area (Å²) < 4.78 is 58.0. The van der Waals surface area contributed by atoms with E-state index in [9.17, 15) is 22.4 Å². The number of carboxylic acids is 1. The van der Waals surface area contributed by atoms with Crippen LogP contribution in [-0.2, 0) is 17.4 Å². The molecule has 0 aliphatic heterocycles. The van der Waals surface area contributed by atoms with Crippen molar-refractivity contribution in [3.05, 3.63) is 95.3 Å². The van der Waals surface area contributed by atoms with Gasteiger partial charge in [-0.1, -0.05) is 48.5 Å². The van der Waals surface area contributed by atoms with Crippen LogP contribution >= 0.6 is 0 Å². The molecule has 0 atom stereocenters. The second kappa shape index (κ2) is 9.47. The van der Waals surface area contributed by atoms with E-state index >= 15 is 0 Å². The fraction of sp³-hybridized carbons (Fsp3) is 0.125. The maximum atomic E-state index is 14.7. The van der Waals surface area contributed by atoms with Crippen molar-refractivity contribution in [1.82, 2.24) is 0 Å². The summed E-state index contributed by atoms with van der Waals surface area (Å²) in [7, 11) is 0. The molecule has 0 saturated heterocycles. The molecule has 0 unspecified atom stereocenters. The van der Waals surface area contributed by atoms with Gasteiger partial charge in [0.2, 0.25) is 0 Å². The van der Waals surface area contributed by atoms with Gasteiger partial charge >= 0.3 is 12.1 Å². The van der Waals surface area contributed by atoms with E-state index in [2.05, 4.69) is 0 Å². The monoisotopic (exact) mass is 430 g/mol. The zero-order chi connectivity index (χ0) is 22.4. The van der Waals surface area contributed by atoms with Gasteiger partial charge in [0.1, 0.15) is 18.2 Å². The Morgan fingerprint density at radius 1 is 1.00 bits per heavy atom. The number of benzene rings is 3. The van der Waals surface area contributed by atoms with Gasteiger partial charge in [0.25, 0.3) is 0 Å². The van der Waals surface area contributed by atoms with Gasteiger partial charge in [0.05, 0.1) is 12.0 Å². The van der Waals surface area contributed by atoms with Gasteiger partial charge in [-0.25, -0.2) is 4.39 Å². The average Bonchev–Trinajstić information content (AvgIpc) is 2.72. The fourth-order valence-corrected chi connectivity index (χ4v) is 2.97. The summed E-state index contributed by atoms with van der Waals surface area (Å²) in [4.78, 5) is 10.9. The third-order valence-electron chi connectivity index (χ3n) is 4.46. The highest BCUT2D eigenvalue weighted by Crippen LogP contribution is 2.30. The Morgan fingerprint density at radius 2 is 1.71 bits per heavy atom. The number of carboxylic acid groups (broad SMARTS) is 1. The summed E-state index contributed by atoms with van der Waals surface area (Å²) in [5.41, 5.74) is 0.786. The van der Waals surface area contributed by atoms with Crippen LogP contribution in [0.5, 0.6) is 5.75 Å². The number of rotatable bonds is 7. The van der Waals surface area contributed by atoms with Crippen LogP contribution in [0.25, 0.3) is 17.2 Å². The predicted molar refractivity (Wildman–Crippen MR) is 109 cm³/mol. The van der Waals surface area contributed by atoms with Gasteiger partial charge in [-0.2, -0.15) is 13.2 Å². The van der Waals surface area contributed by atoms with E-state index in [1.165, 1.54) is 18.2 Å². The molecule has 0 saturated carbocycles. The van der Waals surface area contributed by atoms with E-state index in [4.69, 9.17) is 9.84 Å². The molecule has 0 aliphatic rings. The normalized spacial score (nSPS) is 11.6. The summed E-state index contributed by atoms with van der Waals surface area (Å²) in [6, 6.07) is 16.0. The standard InChI is InChI=1S/C24H18F4O3/c25-23-18(15-22(29)30)6-2-8-21(23)17-5-1-7-20(14-17)31-13-3-4-16-9-11-19(12-10-16)24(26,27)28/h1-12,14H,13,15H2,(H,29,30)/b4-3+. The molecule has 0 aliphatic carbocycles. The molecule has 3 aromatic carbocycles. The summed E-state index contributed by atoms with van der Waals surface area (Å²) in [5.74, 6) is -1.24. The van der Waals surface area contributed by atoms with Crippen LogP contribution in [0.1, 0.15) is 16.7 Å². The number of carbonyl (C=O) groups is 1. The maximum absolute atomic E-state index is 14.7. The van der Waals surface area contributed by atoms with Crippen LogP contribution in [-0.4, -0.2) is 17.7 Å². The second-order valence-corrected chi connectivity index (χ2v) is 6.71. The van der Waals surface area contributed by atoms with Crippen LogP contribution in [0.15, 0.2) is 72.8 Å². The summed E-state index contributed by atoms with van der Waals surface area (Å²) in [6.45, 7) is 0.159. The van der Waals surface area contributed by atoms with E-state index < -0.39 is 29.9 Å². The van der Waals surface area contributed by atoms with Gasteiger partial charge in [0, 0.05) is 5.56 Å². The molecular weight excluding hydrogens is 412 g/mol. The Labute approximate surface area is 176 Å². The Balaban J connectivity index is 1.66. The number of aliphatic carboxylic acids is 1. The Hall–Kier alpha value is -3.61. The first-order chi connectivity index (χ1) is 14.7. The average molecular weight is 430 g/mol. The van der Waals surface area contributed by atoms with Gasteiger partial charge < -0.3 is 9.84 Å². The van der Waals surface area contributed by atoms with Crippen LogP contribution < -0.4 is 4.74 Å². The molecule has 3 aromatic rings. The molecule has 0 heterocycles. The lowest BCUT2D eigenvalue weighted by Crippen LogP contribution is -2.04. The third-order valence-corrected chi connectivity index (χ3v) is 4.46. The second-order valence-electron chi connectivity index (χ2n) is 6.71. The Bertz CT molecular complexity index is 1090. The van der Waals surface area contributed by atoms with Crippen molar-refractivity contribution >= 4 is 12.0 Å². The van der Waals surface area contributed by atoms with Crippen LogP contribution in [0.2, 0.25) is 0 Å². The summed E-state index contributed by atoms with van der Waals surface area (Å²) in [6.07, 6.45) is -1.49. The highest BCUT2D eigenvalue weighted by atomic mass is 19.4. The van der Waals surface area contributed by atoms with Crippen molar-refractivity contribution in [2.45, 2.75) is 12.6 Å². The summed E-state index contributed by atoms with van der Waals surface area (Å²) >= 11 is 0. The lowest BCUT2D eigenvalue weighted by atomic mass is 10.0. The SMILES string of the molecule is O=C(O)Cc1cccc(-c2cccc(OC/C=C/c3ccc(C(F)(F)F)cc3)c2)c1F. The van der Waals surface area contributed by atoms with E-state index in [1.807, 2.05) is 0 Å². The van der Waals surface area contributed by atoms with Gasteiger partial charge in [-0.15, -0.1) is 0 Å². The summed E-state index contributed by atoms with van der Waals surface area (Å²) in [5, 5.41) is 8.91. The highest BCUT2D eigenvalue weighted by Gasteiger charge is 2.29. The van der Waals surface area contributed by atoms with E-state index in [-0.39, 0.29) is 17.7 Å². The molecule has 3 rings (SSSR count). The molecule has 0 spiro atoms. The van der Waals surface area contributed by atoms with Gasteiger partial charge in [-0.05, 0) is 47.0 Å². The number of hydrogen-bond donors (Lipinski definition) is 1. The fourth-order valence-electron chi connectivity index (χ4n) is 2.97. The number of alkyl halides is 3. The van der Waals surface area contributed by atoms with Crippen LogP contribution in [0.4, 0.5) is 17.6 Å². The molecular formula is C24H18F4O3. The minimum atomic E-state index is -4.37. The molecule has 0 fully saturated rings. The van der Waals surface area contributed by atoms with Crippen molar-refractivity contribution < 1.29 is 32.2 Å². The van der Waals surface area contributed by atoms with Crippen LogP contribution in [0, 0.1) is 5.82 Å². The van der Waals surface area contributed by atoms with E-state index in [1.54, 1.807) is 48.6 Å². The first-order valence-corrected chi connectivity index (χ1v) is 9.30. The first-order valence-electron chi connectivity index (χ1n) is 9.30. The number of hydrogen-bond acceptors (Lipinski definition) is 2. The highest BCUT2D eigenvalue weighted by molar-refractivity contribution is 5.73. The minimum Gasteiger partial charge on any atom is -0.490 e. The van der Waals surface area contributed by atoms with Crippen molar-refractivity contribution in [2.24, 2.45) is 0 Å². The van der Waals surface area contributed by atoms with Crippen molar-refractivity contribution in [2.75, 3.05) is 6.61 Å². The van der Waals surface area contributed by atoms with Gasteiger partial charge in [0.15, 0.2) is 0 Å². The van der Waals surface area contributed by atoms with Crippen molar-refractivity contribution in [3.8, 4) is 16.9 Å². The van der Waals surface area contributed by atoms with Crippen molar-refractivity contribution in [1.29, 1.82) is 0 Å². The smallest absolute Gasteiger partial charge is 0.416 e. The van der Waals surface area contributed by atoms with E-state index in [0.29, 0.717) is 16.9 Å². The minimum absolute atomic E-state index is 0.0933. The lowest BCUT2D eigenvalue weighted by molar-refractivity contribution is -0.138. The molecule has 7 heteroatoms. The molecule has 160 valence electrons. The predicted octanol–water partition coefficient (Wildman–Crippen LogP) is 6.23. The molecule has 0 bridgehead atoms. The molecule has 0 aromatic heterocycles. The zero-order valence-electron chi connectivity index (χ0n) is 16.2. The maximum Gasteiger partial charge on any atom is 0.416 e. The van der Waals surface area contributed by atoms with E-state index in [0.717, 1.165) is 12.1 Å². The van der Waals surface area contributed by atoms with Gasteiger partial charge in [-0.3, -0.25) is 4.79 Å². The molecule has 0 amide bonds. The lowest BCUT2D eigenvalue weighted by Gasteiger charge is -2.09. The molecule has 3 nitrogen and oxygen atoms in total. The molecule has 0 radical (unpaired) electrons. The number of ether oxygens (including phenoxy) is 1. The quantitative estimate of drug-likeness (QED) is 0.452. The first kappa shape index (κ1) is 22.1. The Morgan fingerprint density at radius 3 is 2.39 bits per heavy atom. The van der Waals surface area contributed by atoms with Crippen LogP contribution in [0.3, 0.4) is 0 Å². The number of halogens is 4. The zero-order valence-corrected chi connectivity index (χ0v) is 16.2. The molecule has 31 heavy (non-hydrogen) atoms. The molecule has 1 N–H and O–H groups in total.